The Balaban J connectivity index is 0.000000176. The van der Waals surface area contributed by atoms with Gasteiger partial charge in [-0.15, -0.1) is 13.2 Å². The summed E-state index contributed by atoms with van der Waals surface area (Å²) in [5.41, 5.74) is -10.1. The van der Waals surface area contributed by atoms with Gasteiger partial charge in [0.15, 0.2) is 19.5 Å². The predicted molar refractivity (Wildman–Crippen MR) is 206 cm³/mol. The van der Waals surface area contributed by atoms with Gasteiger partial charge in [0.05, 0.1) is 18.7 Å². The molecule has 0 saturated carbocycles. The lowest BCUT2D eigenvalue weighted by Crippen LogP contribution is -2.22. The van der Waals surface area contributed by atoms with Gasteiger partial charge in [-0.3, -0.25) is 0 Å². The summed E-state index contributed by atoms with van der Waals surface area (Å²) in [7, 11) is -9.75. The van der Waals surface area contributed by atoms with Crippen LogP contribution < -0.4 is 21.2 Å². The van der Waals surface area contributed by atoms with Crippen molar-refractivity contribution in [2.75, 3.05) is 0 Å². The molecule has 0 aliphatic rings. The van der Waals surface area contributed by atoms with Crippen LogP contribution in [0.4, 0.5) is 48.3 Å². The molecule has 0 saturated heterocycles. The molecule has 0 N–H and O–H groups in total. The first kappa shape index (κ1) is 45.2. The van der Waals surface area contributed by atoms with Crippen LogP contribution in [0.2, 0.25) is 0 Å². The Bertz CT molecular complexity index is 2310. The maximum Gasteiger partial charge on any atom is 0.601 e. The quantitative estimate of drug-likeness (QED) is 0.0582. The van der Waals surface area contributed by atoms with E-state index in [2.05, 4.69) is 60.7 Å². The second-order valence-corrected chi connectivity index (χ2v) is 18.2. The molecule has 300 valence electrons. The topological polar surface area (TPSA) is 57.2 Å². The van der Waals surface area contributed by atoms with Gasteiger partial charge in [-0.25, -0.2) is 17.2 Å². The second kappa shape index (κ2) is 19.3. The van der Waals surface area contributed by atoms with E-state index in [0.29, 0.717) is 10.6 Å². The molecule has 0 aliphatic carbocycles. The summed E-state index contributed by atoms with van der Waals surface area (Å²) >= 11 is 0. The maximum atomic E-state index is 13.2. The number of rotatable bonds is 4. The van der Waals surface area contributed by atoms with Gasteiger partial charge in [0, 0.05) is 12.1 Å². The molecular formula is C39H27F11O3P2S2. The van der Waals surface area contributed by atoms with Gasteiger partial charge in [-0.1, -0.05) is 130 Å². The van der Waals surface area contributed by atoms with E-state index < -0.39 is 57.1 Å². The molecule has 6 aromatic carbocycles. The van der Waals surface area contributed by atoms with Gasteiger partial charge in [-0.05, 0) is 45.5 Å². The van der Waals surface area contributed by atoms with Crippen LogP contribution in [0, 0.1) is 11.6 Å². The fourth-order valence-corrected chi connectivity index (χ4v) is 9.75. The molecule has 7 aromatic rings. The Morgan fingerprint density at radius 3 is 1.11 bits per heavy atom. The average Bonchev–Trinajstić information content (AvgIpc) is 3.46. The molecule has 0 radical (unpaired) electrons. The highest BCUT2D eigenvalue weighted by molar-refractivity contribution is 7.86. The van der Waals surface area contributed by atoms with E-state index in [0.717, 1.165) is 45.0 Å². The van der Waals surface area contributed by atoms with E-state index >= 15 is 0 Å². The minimum atomic E-state index is -6.09. The van der Waals surface area contributed by atoms with Crippen molar-refractivity contribution in [1.29, 1.82) is 0 Å². The van der Waals surface area contributed by atoms with Gasteiger partial charge >= 0.3 is 16.9 Å². The Labute approximate surface area is 325 Å². The Morgan fingerprint density at radius 1 is 0.509 bits per heavy atom. The van der Waals surface area contributed by atoms with Crippen LogP contribution in [0.15, 0.2) is 158 Å². The van der Waals surface area contributed by atoms with Crippen molar-refractivity contribution in [2.24, 2.45) is 0 Å². The van der Waals surface area contributed by atoms with Gasteiger partial charge in [-0.2, -0.15) is 26.3 Å². The zero-order valence-electron chi connectivity index (χ0n) is 28.7. The third kappa shape index (κ3) is 13.0. The van der Waals surface area contributed by atoms with Gasteiger partial charge in [0.25, 0.3) is 0 Å². The second-order valence-electron chi connectivity index (χ2n) is 11.3. The molecule has 57 heavy (non-hydrogen) atoms. The van der Waals surface area contributed by atoms with E-state index in [9.17, 15) is 48.3 Å². The van der Waals surface area contributed by atoms with Crippen molar-refractivity contribution in [3.8, 4) is 0 Å². The summed E-state index contributed by atoms with van der Waals surface area (Å²) in [6, 6.07) is 43.6. The molecule has 0 atom stereocenters. The number of benzene rings is 6. The van der Waals surface area contributed by atoms with Gasteiger partial charge < -0.3 is 4.55 Å². The lowest BCUT2D eigenvalue weighted by Gasteiger charge is -2.21. The summed E-state index contributed by atoms with van der Waals surface area (Å²) in [4.78, 5) is 0. The van der Waals surface area contributed by atoms with E-state index in [1.165, 1.54) is 34.9 Å². The summed E-state index contributed by atoms with van der Waals surface area (Å²) in [6.07, 6.45) is 0. The Kier molecular flexibility index (Phi) is 15.3. The third-order valence-electron chi connectivity index (χ3n) is 7.25. The van der Waals surface area contributed by atoms with Gasteiger partial charge in [0.2, 0.25) is 0 Å². The molecule has 0 amide bonds. The molecule has 0 aliphatic heterocycles. The number of fused-ring (bicyclic) bond motifs is 3. The molecular weight excluding hydrogens is 851 g/mol. The SMILES string of the molecule is FC(F)(F)P(c1ccccc1)c1ccccc1.Fc1ccc2c(c1)c1cc(F)ccc1[s+]2C(F)(F)F.O=S(=O)([O-])C(F)(F)F.c1ccc(Pc2ccccc2)cc1. The molecule has 7 rings (SSSR count). The predicted octanol–water partition coefficient (Wildman–Crippen LogP) is 11.5. The van der Waals surface area contributed by atoms with Crippen molar-refractivity contribution in [1.82, 2.24) is 0 Å². The van der Waals surface area contributed by atoms with Crippen molar-refractivity contribution < 1.29 is 61.3 Å². The van der Waals surface area contributed by atoms with E-state index in [4.69, 9.17) is 13.0 Å². The summed E-state index contributed by atoms with van der Waals surface area (Å²) in [5, 5.41) is 3.70. The minimum absolute atomic E-state index is 0.00509. The molecule has 18 heteroatoms. The Hall–Kier alpha value is -4.46. The zero-order chi connectivity index (χ0) is 42.0. The summed E-state index contributed by atoms with van der Waals surface area (Å²) in [6.45, 7) is 0. The number of hydrogen-bond acceptors (Lipinski definition) is 3. The number of halogens is 11. The first-order valence-electron chi connectivity index (χ1n) is 15.9. The standard InChI is InChI=1S/C13H6F5S.C13H10F3P.C12H11P.CHF3O3S/c14-7-1-3-11-9(5-7)10-6-8(15)2-4-12(10)19(11)13(16,17)18;14-13(15,16)17(11-7-3-1-4-8-11)12-9-5-2-6-10-12;1-3-7-11(8-4-1)13-12-9-5-2-6-10-12;2-1(3,4)8(5,6)7/h1-6H;1-10H;1-10,13H;(H,5,6,7)/q+1;;;/p-1. The Morgan fingerprint density at radius 2 is 0.825 bits per heavy atom. The van der Waals surface area contributed by atoms with Crippen LogP contribution in [0.1, 0.15) is 0 Å². The van der Waals surface area contributed by atoms with E-state index in [-0.39, 0.29) is 20.2 Å². The highest BCUT2D eigenvalue weighted by Gasteiger charge is 2.47. The first-order chi connectivity index (χ1) is 26.7. The molecule has 1 aromatic heterocycles. The van der Waals surface area contributed by atoms with Crippen LogP contribution in [-0.2, 0) is 15.6 Å². The molecule has 0 fully saturated rings. The molecule has 0 spiro atoms. The number of hydrogen-bond donors (Lipinski definition) is 0. The van der Waals surface area contributed by atoms with E-state index in [1.807, 2.05) is 0 Å². The molecule has 1 heterocycles. The summed E-state index contributed by atoms with van der Waals surface area (Å²) in [5.74, 6) is -5.49. The fraction of sp³-hybridized carbons (Fsp3) is 0.0769. The minimum Gasteiger partial charge on any atom is -0.741 e. The van der Waals surface area contributed by atoms with Crippen molar-refractivity contribution in [3.63, 3.8) is 0 Å². The smallest absolute Gasteiger partial charge is 0.601 e. The lowest BCUT2D eigenvalue weighted by atomic mass is 10.1. The molecule has 0 unspecified atom stereocenters. The zero-order valence-corrected chi connectivity index (χ0v) is 32.2. The van der Waals surface area contributed by atoms with Gasteiger partial charge in [0.1, 0.15) is 22.1 Å². The number of thiophene rings is 1. The van der Waals surface area contributed by atoms with Crippen LogP contribution in [0.25, 0.3) is 20.2 Å². The normalized spacial score (nSPS) is 11.9. The van der Waals surface area contributed by atoms with Crippen LogP contribution in [0.5, 0.6) is 0 Å². The van der Waals surface area contributed by atoms with E-state index in [1.54, 1.807) is 36.4 Å². The largest absolute Gasteiger partial charge is 0.741 e. The fourth-order valence-electron chi connectivity index (χ4n) is 4.95. The summed E-state index contributed by atoms with van der Waals surface area (Å²) < 4.78 is 164. The monoisotopic (exact) mass is 878 g/mol. The van der Waals surface area contributed by atoms with Crippen molar-refractivity contribution in [3.05, 3.63) is 169 Å². The highest BCUT2D eigenvalue weighted by atomic mass is 32.2. The third-order valence-corrected chi connectivity index (χ3v) is 13.2. The van der Waals surface area contributed by atoms with Crippen LogP contribution in [0.3, 0.4) is 0 Å². The average molecular weight is 879 g/mol. The van der Waals surface area contributed by atoms with Crippen LogP contribution in [-0.4, -0.2) is 24.4 Å². The van der Waals surface area contributed by atoms with Crippen molar-refractivity contribution in [2.45, 2.75) is 16.9 Å². The van der Waals surface area contributed by atoms with Crippen molar-refractivity contribution >= 4 is 78.5 Å². The lowest BCUT2D eigenvalue weighted by molar-refractivity contribution is -0.0863. The maximum absolute atomic E-state index is 13.2. The first-order valence-corrected chi connectivity index (χ1v) is 20.9. The van der Waals surface area contributed by atoms with Crippen LogP contribution >= 0.6 is 27.0 Å². The molecule has 3 nitrogen and oxygen atoms in total. The molecule has 0 bridgehead atoms. The highest BCUT2D eigenvalue weighted by Crippen LogP contribution is 2.54. The number of alkyl halides is 9.